The van der Waals surface area contributed by atoms with Crippen molar-refractivity contribution in [1.82, 2.24) is 19.7 Å². The summed E-state index contributed by atoms with van der Waals surface area (Å²) in [4.78, 5) is 24.8. The first-order valence-electron chi connectivity index (χ1n) is 6.50. The fourth-order valence-corrected chi connectivity index (χ4v) is 3.65. The van der Waals surface area contributed by atoms with Gasteiger partial charge >= 0.3 is 0 Å². The van der Waals surface area contributed by atoms with Gasteiger partial charge in [0.05, 0.1) is 18.4 Å². The maximum atomic E-state index is 12.2. The molecule has 0 aliphatic rings. The van der Waals surface area contributed by atoms with Gasteiger partial charge in [-0.2, -0.15) is 0 Å². The van der Waals surface area contributed by atoms with E-state index in [-0.39, 0.29) is 21.8 Å². The molecule has 2 N–H and O–H groups in total. The number of carbonyl (C=O) groups is 1. The van der Waals surface area contributed by atoms with E-state index in [0.29, 0.717) is 11.6 Å². The molecule has 11 heteroatoms. The molecule has 0 aliphatic carbocycles. The Bertz CT molecular complexity index is 803. The number of aromatic nitrogens is 3. The summed E-state index contributed by atoms with van der Waals surface area (Å²) in [6.45, 7) is 1.35. The van der Waals surface area contributed by atoms with Gasteiger partial charge in [-0.05, 0) is 6.07 Å². The molecular weight excluding hydrogens is 340 g/mol. The molecule has 0 spiro atoms. The first-order chi connectivity index (χ1) is 10.8. The van der Waals surface area contributed by atoms with E-state index in [1.165, 1.54) is 13.1 Å². The minimum Gasteiger partial charge on any atom is -0.347 e. The molecular formula is C12H16N6O3S2. The summed E-state index contributed by atoms with van der Waals surface area (Å²) >= 11 is 0.877. The number of nitrogens with zero attached hydrogens (tertiary/aromatic N) is 4. The van der Waals surface area contributed by atoms with E-state index in [4.69, 9.17) is 0 Å². The SMILES string of the molecule is CC(=O)Nc1ncc(S(=O)(=O)NCc2ccnc(N(C)C)n2)s1. The zero-order valence-electron chi connectivity index (χ0n) is 12.8. The van der Waals surface area contributed by atoms with Crippen LogP contribution >= 0.6 is 11.3 Å². The van der Waals surface area contributed by atoms with Crippen LogP contribution in [0.15, 0.2) is 22.7 Å². The Hall–Kier alpha value is -2.11. The second-order valence-corrected chi connectivity index (χ2v) is 7.76. The second kappa shape index (κ2) is 6.98. The van der Waals surface area contributed by atoms with Crippen molar-refractivity contribution in [2.75, 3.05) is 24.3 Å². The number of anilines is 2. The Morgan fingerprint density at radius 1 is 1.35 bits per heavy atom. The molecule has 2 heterocycles. The van der Waals surface area contributed by atoms with Crippen LogP contribution in [0.2, 0.25) is 0 Å². The van der Waals surface area contributed by atoms with E-state index < -0.39 is 10.0 Å². The van der Waals surface area contributed by atoms with Crippen LogP contribution in [-0.2, 0) is 21.4 Å². The standard InChI is InChI=1S/C12H16N6O3S2/c1-8(19)16-12-14-7-10(22-12)23(20,21)15-6-9-4-5-13-11(17-9)18(2)3/h4-5,7,15H,6H2,1-3H3,(H,14,16,19). The first kappa shape index (κ1) is 17.2. The molecule has 0 atom stereocenters. The predicted octanol–water partition coefficient (Wildman–Crippen LogP) is 0.436. The average Bonchev–Trinajstić information content (AvgIpc) is 2.94. The highest BCUT2D eigenvalue weighted by molar-refractivity contribution is 7.91. The van der Waals surface area contributed by atoms with Gasteiger partial charge in [0.15, 0.2) is 9.34 Å². The zero-order chi connectivity index (χ0) is 17.0. The number of carbonyl (C=O) groups excluding carboxylic acids is 1. The molecule has 0 fully saturated rings. The lowest BCUT2D eigenvalue weighted by atomic mass is 10.4. The second-order valence-electron chi connectivity index (χ2n) is 4.73. The van der Waals surface area contributed by atoms with Gasteiger partial charge in [0.1, 0.15) is 0 Å². The van der Waals surface area contributed by atoms with Gasteiger partial charge in [-0.25, -0.2) is 28.1 Å². The largest absolute Gasteiger partial charge is 0.347 e. The van der Waals surface area contributed by atoms with Gasteiger partial charge in [0, 0.05) is 27.2 Å². The van der Waals surface area contributed by atoms with Crippen molar-refractivity contribution in [3.05, 3.63) is 24.2 Å². The highest BCUT2D eigenvalue weighted by Gasteiger charge is 2.18. The summed E-state index contributed by atoms with van der Waals surface area (Å²) < 4.78 is 26.9. The van der Waals surface area contributed by atoms with Crippen molar-refractivity contribution in [1.29, 1.82) is 0 Å². The van der Waals surface area contributed by atoms with Crippen molar-refractivity contribution < 1.29 is 13.2 Å². The van der Waals surface area contributed by atoms with E-state index >= 15 is 0 Å². The smallest absolute Gasteiger partial charge is 0.252 e. The van der Waals surface area contributed by atoms with Crippen LogP contribution in [0.1, 0.15) is 12.6 Å². The van der Waals surface area contributed by atoms with Gasteiger partial charge < -0.3 is 10.2 Å². The zero-order valence-corrected chi connectivity index (χ0v) is 14.4. The number of thiazole rings is 1. The van der Waals surface area contributed by atoms with Crippen molar-refractivity contribution >= 4 is 38.3 Å². The third-order valence-corrected chi connectivity index (χ3v) is 5.35. The summed E-state index contributed by atoms with van der Waals surface area (Å²) in [6, 6.07) is 1.63. The van der Waals surface area contributed by atoms with Crippen molar-refractivity contribution in [3.8, 4) is 0 Å². The van der Waals surface area contributed by atoms with Crippen LogP contribution in [0.4, 0.5) is 11.1 Å². The minimum absolute atomic E-state index is 0.0168. The number of sulfonamides is 1. The molecule has 2 aromatic heterocycles. The molecule has 0 aromatic carbocycles. The number of rotatable bonds is 6. The van der Waals surface area contributed by atoms with Crippen LogP contribution in [0.5, 0.6) is 0 Å². The van der Waals surface area contributed by atoms with Gasteiger partial charge in [-0.3, -0.25) is 4.79 Å². The molecule has 0 radical (unpaired) electrons. The maximum absolute atomic E-state index is 12.2. The topological polar surface area (TPSA) is 117 Å². The Morgan fingerprint density at radius 2 is 2.09 bits per heavy atom. The molecule has 23 heavy (non-hydrogen) atoms. The lowest BCUT2D eigenvalue weighted by Gasteiger charge is -2.10. The van der Waals surface area contributed by atoms with Crippen molar-refractivity contribution in [3.63, 3.8) is 0 Å². The summed E-state index contributed by atoms with van der Waals surface area (Å²) in [5.41, 5.74) is 0.541. The fraction of sp³-hybridized carbons (Fsp3) is 0.333. The third-order valence-electron chi connectivity index (χ3n) is 2.58. The molecule has 9 nitrogen and oxygen atoms in total. The summed E-state index contributed by atoms with van der Waals surface area (Å²) in [5, 5.41) is 2.67. The van der Waals surface area contributed by atoms with E-state index in [2.05, 4.69) is 25.0 Å². The molecule has 0 unspecified atom stereocenters. The highest BCUT2D eigenvalue weighted by Crippen LogP contribution is 2.22. The highest BCUT2D eigenvalue weighted by atomic mass is 32.2. The Balaban J connectivity index is 2.08. The number of nitrogens with one attached hydrogen (secondary N) is 2. The van der Waals surface area contributed by atoms with E-state index in [9.17, 15) is 13.2 Å². The first-order valence-corrected chi connectivity index (χ1v) is 8.80. The minimum atomic E-state index is -3.73. The van der Waals surface area contributed by atoms with Crippen molar-refractivity contribution in [2.45, 2.75) is 17.7 Å². The molecule has 2 aromatic rings. The van der Waals surface area contributed by atoms with Crippen LogP contribution in [0, 0.1) is 0 Å². The fourth-order valence-electron chi connectivity index (χ4n) is 1.53. The van der Waals surface area contributed by atoms with E-state index in [1.54, 1.807) is 31.3 Å². The molecule has 124 valence electrons. The van der Waals surface area contributed by atoms with Crippen molar-refractivity contribution in [2.24, 2.45) is 0 Å². The van der Waals surface area contributed by atoms with Gasteiger partial charge in [0.25, 0.3) is 10.0 Å². The van der Waals surface area contributed by atoms with Crippen LogP contribution in [0.25, 0.3) is 0 Å². The molecule has 0 aliphatic heterocycles. The van der Waals surface area contributed by atoms with E-state index in [0.717, 1.165) is 11.3 Å². The number of hydrogen-bond donors (Lipinski definition) is 2. The van der Waals surface area contributed by atoms with Gasteiger partial charge in [0.2, 0.25) is 11.9 Å². The van der Waals surface area contributed by atoms with Gasteiger partial charge in [-0.15, -0.1) is 0 Å². The number of amides is 1. The van der Waals surface area contributed by atoms with Gasteiger partial charge in [-0.1, -0.05) is 11.3 Å². The third kappa shape index (κ3) is 4.68. The van der Waals surface area contributed by atoms with Crippen LogP contribution in [0.3, 0.4) is 0 Å². The Kier molecular flexibility index (Phi) is 5.23. The summed E-state index contributed by atoms with van der Waals surface area (Å²) in [6.07, 6.45) is 2.76. The normalized spacial score (nSPS) is 11.3. The predicted molar refractivity (Wildman–Crippen MR) is 86.8 cm³/mol. The monoisotopic (exact) mass is 356 g/mol. The lowest BCUT2D eigenvalue weighted by Crippen LogP contribution is -2.23. The molecule has 1 amide bonds. The molecule has 0 saturated carbocycles. The summed E-state index contributed by atoms with van der Waals surface area (Å²) in [5.74, 6) is 0.181. The van der Waals surface area contributed by atoms with Crippen LogP contribution < -0.4 is 14.9 Å². The molecule has 0 saturated heterocycles. The number of hydrogen-bond acceptors (Lipinski definition) is 8. The summed E-state index contributed by atoms with van der Waals surface area (Å²) in [7, 11) is -0.134. The molecule has 0 bridgehead atoms. The van der Waals surface area contributed by atoms with E-state index in [1.807, 2.05) is 0 Å². The Morgan fingerprint density at radius 3 is 2.74 bits per heavy atom. The maximum Gasteiger partial charge on any atom is 0.252 e. The van der Waals surface area contributed by atoms with Crippen LogP contribution in [-0.4, -0.2) is 43.4 Å². The lowest BCUT2D eigenvalue weighted by molar-refractivity contribution is -0.114. The quantitative estimate of drug-likeness (QED) is 0.771. The molecule has 2 rings (SSSR count). The average molecular weight is 356 g/mol. The Labute approximate surface area is 137 Å².